The second kappa shape index (κ2) is 6.50. The summed E-state index contributed by atoms with van der Waals surface area (Å²) < 4.78 is 23.5. The Labute approximate surface area is 87.9 Å². The van der Waals surface area contributed by atoms with Crippen LogP contribution in [0.3, 0.4) is 0 Å². The molecule has 1 saturated carbocycles. The van der Waals surface area contributed by atoms with Crippen molar-refractivity contribution in [2.45, 2.75) is 51.2 Å². The third-order valence-corrected chi connectivity index (χ3v) is 3.04. The summed E-state index contributed by atoms with van der Waals surface area (Å²) in [7, 11) is 0. The minimum atomic E-state index is -2.14. The summed E-state index contributed by atoms with van der Waals surface area (Å²) in [6, 6.07) is 0.571. The molecule has 2 N–H and O–H groups in total. The molecule has 0 aromatic carbocycles. The summed E-state index contributed by atoms with van der Waals surface area (Å²) in [5, 5.41) is 3.36. The van der Waals surface area contributed by atoms with Gasteiger partial charge in [-0.3, -0.25) is 8.74 Å². The van der Waals surface area contributed by atoms with Gasteiger partial charge < -0.3 is 5.32 Å². The molecule has 84 valence electrons. The Bertz CT molecular complexity index is 183. The maximum Gasteiger partial charge on any atom is 0.302 e. The average Bonchev–Trinajstić information content (AvgIpc) is 2.15. The lowest BCUT2D eigenvalue weighted by Gasteiger charge is -2.24. The molecule has 1 unspecified atom stereocenters. The molecule has 0 radical (unpaired) electrons. The first-order valence-electron chi connectivity index (χ1n) is 5.20. The SMILES string of the molecule is C[C@@H](CNC1CCCCC1)OS(=O)O. The zero-order chi connectivity index (χ0) is 10.4. The van der Waals surface area contributed by atoms with Crippen molar-refractivity contribution < 1.29 is 12.9 Å². The van der Waals surface area contributed by atoms with Gasteiger partial charge in [0.2, 0.25) is 0 Å². The van der Waals surface area contributed by atoms with Gasteiger partial charge in [-0.1, -0.05) is 19.3 Å². The quantitative estimate of drug-likeness (QED) is 0.690. The van der Waals surface area contributed by atoms with E-state index < -0.39 is 11.4 Å². The van der Waals surface area contributed by atoms with Crippen molar-refractivity contribution in [3.05, 3.63) is 0 Å². The topological polar surface area (TPSA) is 58.6 Å². The zero-order valence-corrected chi connectivity index (χ0v) is 9.39. The minimum absolute atomic E-state index is 0.206. The highest BCUT2D eigenvalue weighted by atomic mass is 32.2. The fourth-order valence-corrected chi connectivity index (χ4v) is 2.16. The van der Waals surface area contributed by atoms with E-state index in [-0.39, 0.29) is 6.10 Å². The van der Waals surface area contributed by atoms with Crippen molar-refractivity contribution in [3.8, 4) is 0 Å². The molecule has 0 aliphatic heterocycles. The van der Waals surface area contributed by atoms with E-state index in [0.29, 0.717) is 12.6 Å². The highest BCUT2D eigenvalue weighted by Gasteiger charge is 2.14. The Morgan fingerprint density at radius 2 is 2.14 bits per heavy atom. The molecule has 5 heteroatoms. The normalized spacial score (nSPS) is 23.3. The van der Waals surface area contributed by atoms with Gasteiger partial charge in [-0.25, -0.2) is 0 Å². The van der Waals surface area contributed by atoms with Crippen LogP contribution < -0.4 is 5.32 Å². The molecule has 4 nitrogen and oxygen atoms in total. The van der Waals surface area contributed by atoms with Crippen molar-refractivity contribution in [1.29, 1.82) is 0 Å². The lowest BCUT2D eigenvalue weighted by atomic mass is 9.95. The Hall–Kier alpha value is 0.0300. The Kier molecular flexibility index (Phi) is 5.62. The van der Waals surface area contributed by atoms with Crippen LogP contribution in [0.25, 0.3) is 0 Å². The van der Waals surface area contributed by atoms with Crippen molar-refractivity contribution in [2.24, 2.45) is 0 Å². The molecule has 0 amide bonds. The molecule has 1 rings (SSSR count). The van der Waals surface area contributed by atoms with E-state index in [2.05, 4.69) is 5.32 Å². The third-order valence-electron chi connectivity index (χ3n) is 2.55. The molecule has 0 heterocycles. The summed E-state index contributed by atoms with van der Waals surface area (Å²) >= 11 is -2.14. The lowest BCUT2D eigenvalue weighted by Crippen LogP contribution is -2.36. The highest BCUT2D eigenvalue weighted by Crippen LogP contribution is 2.17. The van der Waals surface area contributed by atoms with Crippen LogP contribution in [0.4, 0.5) is 0 Å². The van der Waals surface area contributed by atoms with E-state index in [0.717, 1.165) is 0 Å². The molecule has 14 heavy (non-hydrogen) atoms. The summed E-state index contributed by atoms with van der Waals surface area (Å²) in [6.45, 7) is 2.45. The zero-order valence-electron chi connectivity index (χ0n) is 8.57. The van der Waals surface area contributed by atoms with Crippen molar-refractivity contribution in [1.82, 2.24) is 5.32 Å². The van der Waals surface area contributed by atoms with Gasteiger partial charge in [-0.05, 0) is 19.8 Å². The van der Waals surface area contributed by atoms with Gasteiger partial charge in [0.15, 0.2) is 0 Å². The Morgan fingerprint density at radius 3 is 2.71 bits per heavy atom. The van der Waals surface area contributed by atoms with E-state index in [9.17, 15) is 4.21 Å². The van der Waals surface area contributed by atoms with Crippen LogP contribution in [-0.2, 0) is 15.5 Å². The summed E-state index contributed by atoms with van der Waals surface area (Å²) in [4.78, 5) is 0. The molecule has 2 atom stereocenters. The molecule has 1 aliphatic carbocycles. The second-order valence-corrected chi connectivity index (χ2v) is 4.49. The molecule has 1 aliphatic rings. The van der Waals surface area contributed by atoms with Crippen molar-refractivity contribution in [3.63, 3.8) is 0 Å². The minimum Gasteiger partial charge on any atom is -0.311 e. The summed E-state index contributed by atoms with van der Waals surface area (Å²) in [5.74, 6) is 0. The van der Waals surface area contributed by atoms with Crippen molar-refractivity contribution in [2.75, 3.05) is 6.54 Å². The first-order chi connectivity index (χ1) is 6.68. The van der Waals surface area contributed by atoms with E-state index in [1.807, 2.05) is 0 Å². The maximum atomic E-state index is 10.3. The number of hydrogen-bond donors (Lipinski definition) is 2. The Balaban J connectivity index is 2.09. The molecule has 1 fully saturated rings. The first-order valence-corrected chi connectivity index (χ1v) is 6.23. The molecule has 0 aromatic rings. The van der Waals surface area contributed by atoms with Gasteiger partial charge in [-0.2, -0.15) is 4.21 Å². The molecule has 0 bridgehead atoms. The van der Waals surface area contributed by atoms with E-state index in [1.54, 1.807) is 6.92 Å². The second-order valence-electron chi connectivity index (χ2n) is 3.87. The van der Waals surface area contributed by atoms with Crippen molar-refractivity contribution >= 4 is 11.4 Å². The van der Waals surface area contributed by atoms with Crippen LogP contribution in [0.5, 0.6) is 0 Å². The fourth-order valence-electron chi connectivity index (χ4n) is 1.81. The number of hydrogen-bond acceptors (Lipinski definition) is 3. The van der Waals surface area contributed by atoms with Gasteiger partial charge >= 0.3 is 11.4 Å². The van der Waals surface area contributed by atoms with Gasteiger partial charge in [0.1, 0.15) is 0 Å². The van der Waals surface area contributed by atoms with Crippen LogP contribution in [-0.4, -0.2) is 27.5 Å². The molecule has 0 spiro atoms. The van der Waals surface area contributed by atoms with Crippen LogP contribution in [0.15, 0.2) is 0 Å². The van der Waals surface area contributed by atoms with Crippen LogP contribution in [0.1, 0.15) is 39.0 Å². The molecular formula is C9H19NO3S. The van der Waals surface area contributed by atoms with Crippen LogP contribution in [0, 0.1) is 0 Å². The maximum absolute atomic E-state index is 10.3. The standard InChI is InChI=1S/C9H19NO3S/c1-8(13-14(11)12)7-10-9-5-3-2-4-6-9/h8-10H,2-7H2,1H3,(H,11,12)/t8-/m0/s1. The lowest BCUT2D eigenvalue weighted by molar-refractivity contribution is 0.207. The highest BCUT2D eigenvalue weighted by molar-refractivity contribution is 7.74. The molecule has 0 saturated heterocycles. The predicted molar refractivity (Wildman–Crippen MR) is 56.2 cm³/mol. The van der Waals surface area contributed by atoms with E-state index >= 15 is 0 Å². The summed E-state index contributed by atoms with van der Waals surface area (Å²) in [6.07, 6.45) is 6.15. The largest absolute Gasteiger partial charge is 0.311 e. The van der Waals surface area contributed by atoms with Gasteiger partial charge in [0, 0.05) is 12.6 Å². The fraction of sp³-hybridized carbons (Fsp3) is 1.00. The average molecular weight is 221 g/mol. The van der Waals surface area contributed by atoms with Gasteiger partial charge in [-0.15, -0.1) is 0 Å². The van der Waals surface area contributed by atoms with Gasteiger partial charge in [0.05, 0.1) is 6.10 Å². The van der Waals surface area contributed by atoms with Crippen LogP contribution >= 0.6 is 0 Å². The van der Waals surface area contributed by atoms with Gasteiger partial charge in [0.25, 0.3) is 0 Å². The smallest absolute Gasteiger partial charge is 0.302 e. The first kappa shape index (κ1) is 12.1. The van der Waals surface area contributed by atoms with E-state index in [1.165, 1.54) is 32.1 Å². The van der Waals surface area contributed by atoms with E-state index in [4.69, 9.17) is 8.74 Å². The summed E-state index contributed by atoms with van der Waals surface area (Å²) in [5.41, 5.74) is 0. The van der Waals surface area contributed by atoms with Crippen LogP contribution in [0.2, 0.25) is 0 Å². The molecular weight excluding hydrogens is 202 g/mol. The number of rotatable bonds is 5. The third kappa shape index (κ3) is 5.05. The molecule has 0 aromatic heterocycles. The predicted octanol–water partition coefficient (Wildman–Crippen LogP) is 1.45. The number of nitrogens with one attached hydrogen (secondary N) is 1. The monoisotopic (exact) mass is 221 g/mol. The Morgan fingerprint density at radius 1 is 1.50 bits per heavy atom.